The third kappa shape index (κ3) is 2.09. The highest BCUT2D eigenvalue weighted by molar-refractivity contribution is 5.82. The summed E-state index contributed by atoms with van der Waals surface area (Å²) in [5.74, 6) is 0. The molecule has 1 aliphatic heterocycles. The van der Waals surface area contributed by atoms with E-state index >= 15 is 0 Å². The molecule has 0 bridgehead atoms. The third-order valence-electron chi connectivity index (χ3n) is 3.99. The van der Waals surface area contributed by atoms with Gasteiger partial charge in [0.15, 0.2) is 0 Å². The smallest absolute Gasteiger partial charge is 0.0457 e. The van der Waals surface area contributed by atoms with Crippen LogP contribution < -0.4 is 0 Å². The van der Waals surface area contributed by atoms with Gasteiger partial charge in [-0.1, -0.05) is 24.6 Å². The zero-order valence-corrected chi connectivity index (χ0v) is 10.4. The molecule has 0 saturated carbocycles. The van der Waals surface area contributed by atoms with Crippen molar-refractivity contribution >= 4 is 10.9 Å². The van der Waals surface area contributed by atoms with Crippen molar-refractivity contribution in [2.24, 2.45) is 0 Å². The Labute approximate surface area is 103 Å². The lowest BCUT2D eigenvalue weighted by Gasteiger charge is -2.33. The van der Waals surface area contributed by atoms with Crippen molar-refractivity contribution in [2.45, 2.75) is 38.8 Å². The topological polar surface area (TPSA) is 19.0 Å². The predicted octanol–water partition coefficient (Wildman–Crippen LogP) is 3.54. The van der Waals surface area contributed by atoms with Crippen LogP contribution in [0.25, 0.3) is 10.9 Å². The second-order valence-electron chi connectivity index (χ2n) is 5.17. The molecule has 3 rings (SSSR count). The Morgan fingerprint density at radius 3 is 3.06 bits per heavy atom. The van der Waals surface area contributed by atoms with Crippen molar-refractivity contribution < 1.29 is 0 Å². The van der Waals surface area contributed by atoms with Crippen LogP contribution in [0, 0.1) is 0 Å². The van der Waals surface area contributed by atoms with E-state index in [1.165, 1.54) is 42.3 Å². The Morgan fingerprint density at radius 1 is 1.29 bits per heavy atom. The van der Waals surface area contributed by atoms with Crippen molar-refractivity contribution in [1.29, 1.82) is 0 Å². The third-order valence-corrected chi connectivity index (χ3v) is 3.99. The Bertz CT molecular complexity index is 500. The number of hydrogen-bond acceptors (Lipinski definition) is 1. The summed E-state index contributed by atoms with van der Waals surface area (Å²) >= 11 is 0. The number of hydrogen-bond donors (Lipinski definition) is 1. The minimum Gasteiger partial charge on any atom is -0.361 e. The number of rotatable bonds is 2. The molecule has 0 amide bonds. The van der Waals surface area contributed by atoms with Gasteiger partial charge in [-0.2, -0.15) is 0 Å². The summed E-state index contributed by atoms with van der Waals surface area (Å²) in [7, 11) is 0. The van der Waals surface area contributed by atoms with Gasteiger partial charge in [-0.3, -0.25) is 4.90 Å². The molecule has 1 N–H and O–H groups in total. The molecular weight excluding hydrogens is 208 g/mol. The monoisotopic (exact) mass is 228 g/mol. The van der Waals surface area contributed by atoms with E-state index in [2.05, 4.69) is 47.3 Å². The number of nitrogens with zero attached hydrogens (tertiary/aromatic N) is 1. The lowest BCUT2D eigenvalue weighted by Crippen LogP contribution is -2.36. The van der Waals surface area contributed by atoms with Crippen molar-refractivity contribution in [3.63, 3.8) is 0 Å². The summed E-state index contributed by atoms with van der Waals surface area (Å²) in [4.78, 5) is 5.98. The number of nitrogens with one attached hydrogen (secondary N) is 1. The van der Waals surface area contributed by atoms with E-state index in [4.69, 9.17) is 0 Å². The summed E-state index contributed by atoms with van der Waals surface area (Å²) in [6.45, 7) is 4.69. The molecule has 0 spiro atoms. The van der Waals surface area contributed by atoms with Gasteiger partial charge in [0.05, 0.1) is 0 Å². The highest BCUT2D eigenvalue weighted by Gasteiger charge is 2.19. The average Bonchev–Trinajstić information content (AvgIpc) is 2.76. The van der Waals surface area contributed by atoms with Crippen molar-refractivity contribution in [3.8, 4) is 0 Å². The Balaban J connectivity index is 1.84. The fourth-order valence-electron chi connectivity index (χ4n) is 2.87. The molecule has 1 saturated heterocycles. The summed E-state index contributed by atoms with van der Waals surface area (Å²) in [6.07, 6.45) is 6.27. The molecule has 90 valence electrons. The van der Waals surface area contributed by atoms with Gasteiger partial charge in [0.2, 0.25) is 0 Å². The van der Waals surface area contributed by atoms with E-state index in [1.54, 1.807) is 0 Å². The Kier molecular flexibility index (Phi) is 2.89. The van der Waals surface area contributed by atoms with Gasteiger partial charge in [0.25, 0.3) is 0 Å². The number of piperidine rings is 1. The quantitative estimate of drug-likeness (QED) is 0.833. The maximum atomic E-state index is 3.37. The Morgan fingerprint density at radius 2 is 2.18 bits per heavy atom. The minimum absolute atomic E-state index is 0.734. The van der Waals surface area contributed by atoms with E-state index in [0.29, 0.717) is 0 Å². The van der Waals surface area contributed by atoms with Crippen molar-refractivity contribution in [1.82, 2.24) is 9.88 Å². The highest BCUT2D eigenvalue weighted by Crippen LogP contribution is 2.23. The molecule has 1 aromatic carbocycles. The lowest BCUT2D eigenvalue weighted by atomic mass is 10.0. The van der Waals surface area contributed by atoms with Crippen LogP contribution in [0.2, 0.25) is 0 Å². The summed E-state index contributed by atoms with van der Waals surface area (Å²) < 4.78 is 0. The molecule has 2 nitrogen and oxygen atoms in total. The Hall–Kier alpha value is -1.28. The fourth-order valence-corrected chi connectivity index (χ4v) is 2.87. The van der Waals surface area contributed by atoms with Crippen LogP contribution in [0.4, 0.5) is 0 Å². The number of aromatic amines is 1. The maximum Gasteiger partial charge on any atom is 0.0457 e. The van der Waals surface area contributed by atoms with Gasteiger partial charge in [-0.05, 0) is 37.9 Å². The minimum atomic E-state index is 0.734. The predicted molar refractivity (Wildman–Crippen MR) is 72.0 cm³/mol. The lowest BCUT2D eigenvalue weighted by molar-refractivity contribution is 0.153. The molecule has 1 fully saturated rings. The fraction of sp³-hybridized carbons (Fsp3) is 0.467. The van der Waals surface area contributed by atoms with Crippen molar-refractivity contribution in [2.75, 3.05) is 6.54 Å². The van der Waals surface area contributed by atoms with Gasteiger partial charge >= 0.3 is 0 Å². The van der Waals surface area contributed by atoms with E-state index in [-0.39, 0.29) is 0 Å². The van der Waals surface area contributed by atoms with E-state index in [0.717, 1.165) is 12.6 Å². The van der Waals surface area contributed by atoms with Gasteiger partial charge < -0.3 is 4.98 Å². The molecule has 1 aromatic heterocycles. The number of aromatic nitrogens is 1. The number of H-pyrrole nitrogens is 1. The van der Waals surface area contributed by atoms with E-state index < -0.39 is 0 Å². The zero-order chi connectivity index (χ0) is 11.7. The first-order valence-corrected chi connectivity index (χ1v) is 6.63. The van der Waals surface area contributed by atoms with Crippen molar-refractivity contribution in [3.05, 3.63) is 36.0 Å². The van der Waals surface area contributed by atoms with Crippen LogP contribution >= 0.6 is 0 Å². The molecule has 1 atom stereocenters. The zero-order valence-electron chi connectivity index (χ0n) is 10.4. The largest absolute Gasteiger partial charge is 0.361 e. The molecule has 2 aromatic rings. The van der Waals surface area contributed by atoms with Crippen LogP contribution in [-0.4, -0.2) is 22.5 Å². The van der Waals surface area contributed by atoms with Gasteiger partial charge in [0.1, 0.15) is 0 Å². The first-order chi connectivity index (χ1) is 8.34. The van der Waals surface area contributed by atoms with E-state index in [9.17, 15) is 0 Å². The number of para-hydroxylation sites is 1. The average molecular weight is 228 g/mol. The number of benzene rings is 1. The van der Waals surface area contributed by atoms with Gasteiger partial charge in [-0.25, -0.2) is 0 Å². The highest BCUT2D eigenvalue weighted by atomic mass is 15.2. The molecule has 0 radical (unpaired) electrons. The summed E-state index contributed by atoms with van der Waals surface area (Å²) in [5, 5.41) is 1.38. The van der Waals surface area contributed by atoms with Crippen LogP contribution in [0.3, 0.4) is 0 Å². The van der Waals surface area contributed by atoms with E-state index in [1.807, 2.05) is 0 Å². The molecule has 2 heteroatoms. The molecule has 0 unspecified atom stereocenters. The van der Waals surface area contributed by atoms with Crippen LogP contribution in [0.5, 0.6) is 0 Å². The maximum absolute atomic E-state index is 3.37. The molecule has 0 aliphatic carbocycles. The van der Waals surface area contributed by atoms with Crippen LogP contribution in [0.1, 0.15) is 31.7 Å². The second-order valence-corrected chi connectivity index (χ2v) is 5.17. The number of fused-ring (bicyclic) bond motifs is 1. The van der Waals surface area contributed by atoms with Gasteiger partial charge in [-0.15, -0.1) is 0 Å². The molecule has 2 heterocycles. The molecule has 17 heavy (non-hydrogen) atoms. The first kappa shape index (κ1) is 10.8. The first-order valence-electron chi connectivity index (χ1n) is 6.63. The standard InChI is InChI=1S/C15H20N2/c1-12-6-4-5-9-17(12)11-13-10-16-15-8-3-2-7-14(13)15/h2-3,7-8,10,12,16H,4-6,9,11H2,1H3/t12-/m1/s1. The van der Waals surface area contributed by atoms with Gasteiger partial charge in [0, 0.05) is 29.7 Å². The molecular formula is C15H20N2. The number of likely N-dealkylation sites (tertiary alicyclic amines) is 1. The second kappa shape index (κ2) is 4.53. The summed E-state index contributed by atoms with van der Waals surface area (Å²) in [5.41, 5.74) is 2.70. The van der Waals surface area contributed by atoms with Crippen LogP contribution in [0.15, 0.2) is 30.5 Å². The summed E-state index contributed by atoms with van der Waals surface area (Å²) in [6, 6.07) is 9.32. The SMILES string of the molecule is C[C@@H]1CCCCN1Cc1c[nH]c2ccccc12. The molecule has 1 aliphatic rings. The van der Waals surface area contributed by atoms with Crippen LogP contribution in [-0.2, 0) is 6.54 Å². The normalized spacial score (nSPS) is 22.1.